The molecule has 2 N–H and O–H groups in total. The molecule has 160 valence electrons. The zero-order valence-corrected chi connectivity index (χ0v) is 18.2. The first-order chi connectivity index (χ1) is 13.5. The molecule has 6 nitrogen and oxygen atoms in total. The minimum atomic E-state index is -4.38. The standard InChI is InChI=1S/C19H23F3N4O2.HI/c1-23-18(24-10-5-11-27-16-6-3-2-4-7-16)26-13-15-8-9-17(25-12-15)28-14-19(20,21)22;/h2-4,6-9,12H,5,10-11,13-14H2,1H3,(H2,23,24,26);1H. The molecule has 0 unspecified atom stereocenters. The molecule has 2 rings (SSSR count). The Morgan fingerprint density at radius 3 is 2.45 bits per heavy atom. The predicted molar refractivity (Wildman–Crippen MR) is 116 cm³/mol. The van der Waals surface area contributed by atoms with Crippen molar-refractivity contribution in [1.82, 2.24) is 15.6 Å². The zero-order valence-electron chi connectivity index (χ0n) is 15.9. The molecule has 0 amide bonds. The van der Waals surface area contributed by atoms with Gasteiger partial charge in [-0.15, -0.1) is 24.0 Å². The average molecular weight is 524 g/mol. The van der Waals surface area contributed by atoms with Gasteiger partial charge < -0.3 is 20.1 Å². The van der Waals surface area contributed by atoms with E-state index in [0.29, 0.717) is 25.7 Å². The molecule has 1 aromatic heterocycles. The number of rotatable bonds is 9. The topological polar surface area (TPSA) is 67.8 Å². The molecule has 0 aliphatic rings. The first-order valence-electron chi connectivity index (χ1n) is 8.73. The number of aliphatic imine (C=N–C) groups is 1. The van der Waals surface area contributed by atoms with E-state index in [-0.39, 0.29) is 29.9 Å². The van der Waals surface area contributed by atoms with Crippen molar-refractivity contribution in [3.05, 3.63) is 54.2 Å². The van der Waals surface area contributed by atoms with Gasteiger partial charge in [0.05, 0.1) is 6.61 Å². The molecule has 29 heavy (non-hydrogen) atoms. The van der Waals surface area contributed by atoms with Crippen molar-refractivity contribution >= 4 is 29.9 Å². The van der Waals surface area contributed by atoms with Gasteiger partial charge in [-0.25, -0.2) is 4.98 Å². The molecule has 0 aliphatic carbocycles. The third-order valence-electron chi connectivity index (χ3n) is 3.49. The fraction of sp³-hybridized carbons (Fsp3) is 0.368. The number of hydrogen-bond acceptors (Lipinski definition) is 4. The van der Waals surface area contributed by atoms with Crippen LogP contribution in [0.4, 0.5) is 13.2 Å². The number of benzene rings is 1. The van der Waals surface area contributed by atoms with Crippen molar-refractivity contribution in [3.8, 4) is 11.6 Å². The van der Waals surface area contributed by atoms with Crippen LogP contribution in [-0.4, -0.2) is 43.9 Å². The largest absolute Gasteiger partial charge is 0.494 e. The monoisotopic (exact) mass is 524 g/mol. The highest BCUT2D eigenvalue weighted by atomic mass is 127. The van der Waals surface area contributed by atoms with Crippen LogP contribution in [0.2, 0.25) is 0 Å². The van der Waals surface area contributed by atoms with E-state index < -0.39 is 12.8 Å². The summed E-state index contributed by atoms with van der Waals surface area (Å²) in [6.07, 6.45) is -2.13. The number of para-hydroxylation sites is 1. The van der Waals surface area contributed by atoms with E-state index in [9.17, 15) is 13.2 Å². The third-order valence-corrected chi connectivity index (χ3v) is 3.49. The molecular weight excluding hydrogens is 500 g/mol. The van der Waals surface area contributed by atoms with Crippen LogP contribution in [0.5, 0.6) is 11.6 Å². The maximum Gasteiger partial charge on any atom is 0.422 e. The van der Waals surface area contributed by atoms with Crippen LogP contribution < -0.4 is 20.1 Å². The molecule has 0 radical (unpaired) electrons. The quantitative estimate of drug-likeness (QED) is 0.226. The van der Waals surface area contributed by atoms with Gasteiger partial charge >= 0.3 is 6.18 Å². The Labute approximate surface area is 184 Å². The molecule has 2 aromatic rings. The fourth-order valence-corrected chi connectivity index (χ4v) is 2.15. The second kappa shape index (κ2) is 13.1. The average Bonchev–Trinajstić information content (AvgIpc) is 2.69. The Bertz CT molecular complexity index is 728. The number of aromatic nitrogens is 1. The van der Waals surface area contributed by atoms with Gasteiger partial charge in [-0.3, -0.25) is 4.99 Å². The van der Waals surface area contributed by atoms with Crippen molar-refractivity contribution in [3.63, 3.8) is 0 Å². The SMILES string of the molecule is CN=C(NCCCOc1ccccc1)NCc1ccc(OCC(F)(F)F)nc1.I. The molecule has 0 atom stereocenters. The van der Waals surface area contributed by atoms with Crippen molar-refractivity contribution < 1.29 is 22.6 Å². The van der Waals surface area contributed by atoms with E-state index >= 15 is 0 Å². The molecule has 1 heterocycles. The summed E-state index contributed by atoms with van der Waals surface area (Å²) in [5.74, 6) is 1.37. The van der Waals surface area contributed by atoms with Gasteiger partial charge in [0.25, 0.3) is 0 Å². The molecule has 10 heteroatoms. The Kier molecular flexibility index (Phi) is 11.2. The smallest absolute Gasteiger partial charge is 0.422 e. The molecule has 1 aromatic carbocycles. The van der Waals surface area contributed by atoms with E-state index in [1.807, 2.05) is 30.3 Å². The van der Waals surface area contributed by atoms with E-state index in [1.165, 1.54) is 12.3 Å². The van der Waals surface area contributed by atoms with Crippen LogP contribution >= 0.6 is 24.0 Å². The lowest BCUT2D eigenvalue weighted by atomic mass is 10.3. The highest BCUT2D eigenvalue weighted by molar-refractivity contribution is 14.0. The Balaban J connectivity index is 0.00000420. The van der Waals surface area contributed by atoms with Gasteiger partial charge in [-0.05, 0) is 24.1 Å². The Morgan fingerprint density at radius 2 is 1.83 bits per heavy atom. The minimum Gasteiger partial charge on any atom is -0.494 e. The second-order valence-corrected chi connectivity index (χ2v) is 5.78. The Hall–Kier alpha value is -2.24. The molecular formula is C19H24F3IN4O2. The first-order valence-corrected chi connectivity index (χ1v) is 8.73. The van der Waals surface area contributed by atoms with Crippen LogP contribution in [0.3, 0.4) is 0 Å². The first kappa shape index (κ1) is 24.8. The summed E-state index contributed by atoms with van der Waals surface area (Å²) < 4.78 is 46.5. The summed E-state index contributed by atoms with van der Waals surface area (Å²) >= 11 is 0. The summed E-state index contributed by atoms with van der Waals surface area (Å²) in [6, 6.07) is 12.6. The van der Waals surface area contributed by atoms with Crippen LogP contribution in [0.1, 0.15) is 12.0 Å². The minimum absolute atomic E-state index is 0. The van der Waals surface area contributed by atoms with Gasteiger partial charge in [0, 0.05) is 32.4 Å². The van der Waals surface area contributed by atoms with E-state index in [1.54, 1.807) is 13.1 Å². The van der Waals surface area contributed by atoms with Crippen molar-refractivity contribution in [2.45, 2.75) is 19.1 Å². The van der Waals surface area contributed by atoms with Crippen molar-refractivity contribution in [1.29, 1.82) is 0 Å². The number of hydrogen-bond donors (Lipinski definition) is 2. The van der Waals surface area contributed by atoms with Crippen LogP contribution in [0.25, 0.3) is 0 Å². The van der Waals surface area contributed by atoms with E-state index in [4.69, 9.17) is 4.74 Å². The zero-order chi connectivity index (χ0) is 20.2. The molecule has 0 saturated carbocycles. The number of pyridine rings is 1. The summed E-state index contributed by atoms with van der Waals surface area (Å²) in [6.45, 7) is 0.321. The summed E-state index contributed by atoms with van der Waals surface area (Å²) in [5.41, 5.74) is 0.787. The molecule has 0 spiro atoms. The lowest BCUT2D eigenvalue weighted by molar-refractivity contribution is -0.154. The Morgan fingerprint density at radius 1 is 1.07 bits per heavy atom. The number of alkyl halides is 3. The summed E-state index contributed by atoms with van der Waals surface area (Å²) in [5, 5.41) is 6.27. The van der Waals surface area contributed by atoms with Crippen molar-refractivity contribution in [2.24, 2.45) is 4.99 Å². The number of nitrogens with one attached hydrogen (secondary N) is 2. The van der Waals surface area contributed by atoms with Gasteiger partial charge in [-0.2, -0.15) is 13.2 Å². The lowest BCUT2D eigenvalue weighted by Crippen LogP contribution is -2.37. The number of nitrogens with zero attached hydrogens (tertiary/aromatic N) is 2. The molecule has 0 bridgehead atoms. The van der Waals surface area contributed by atoms with Gasteiger partial charge in [-0.1, -0.05) is 24.3 Å². The van der Waals surface area contributed by atoms with Crippen LogP contribution in [-0.2, 0) is 6.54 Å². The molecule has 0 aliphatic heterocycles. The number of guanidine groups is 1. The summed E-state index contributed by atoms with van der Waals surface area (Å²) in [7, 11) is 1.65. The number of ether oxygens (including phenoxy) is 2. The van der Waals surface area contributed by atoms with E-state index in [0.717, 1.165) is 17.7 Å². The molecule has 0 fully saturated rings. The van der Waals surface area contributed by atoms with Gasteiger partial charge in [0.1, 0.15) is 5.75 Å². The fourth-order valence-electron chi connectivity index (χ4n) is 2.15. The van der Waals surface area contributed by atoms with Crippen LogP contribution in [0.15, 0.2) is 53.7 Å². The summed E-state index contributed by atoms with van der Waals surface area (Å²) in [4.78, 5) is 7.98. The third kappa shape index (κ3) is 10.8. The molecule has 0 saturated heterocycles. The van der Waals surface area contributed by atoms with Crippen LogP contribution in [0, 0.1) is 0 Å². The van der Waals surface area contributed by atoms with Gasteiger partial charge in [0.15, 0.2) is 12.6 Å². The second-order valence-electron chi connectivity index (χ2n) is 5.78. The highest BCUT2D eigenvalue weighted by Gasteiger charge is 2.28. The van der Waals surface area contributed by atoms with E-state index in [2.05, 4.69) is 25.3 Å². The van der Waals surface area contributed by atoms with Gasteiger partial charge in [0.2, 0.25) is 5.88 Å². The number of halogens is 4. The van der Waals surface area contributed by atoms with Crippen molar-refractivity contribution in [2.75, 3.05) is 26.8 Å². The normalized spacial score (nSPS) is 11.4. The lowest BCUT2D eigenvalue weighted by Gasteiger charge is -2.13. The maximum atomic E-state index is 12.1. The predicted octanol–water partition coefficient (Wildman–Crippen LogP) is 3.77. The highest BCUT2D eigenvalue weighted by Crippen LogP contribution is 2.17. The maximum absolute atomic E-state index is 12.1.